The zero-order chi connectivity index (χ0) is 13.8. The van der Waals surface area contributed by atoms with Crippen LogP contribution in [0.4, 0.5) is 0 Å². The zero-order valence-electron chi connectivity index (χ0n) is 11.2. The van der Waals surface area contributed by atoms with Crippen molar-refractivity contribution in [3.05, 3.63) is 34.7 Å². The maximum Gasteiger partial charge on any atom is 0.250 e. The fraction of sp³-hybridized carbons (Fsp3) is 0.571. The normalized spacial score (nSPS) is 20.5. The topological polar surface area (TPSA) is 62.5 Å². The lowest BCUT2D eigenvalue weighted by molar-refractivity contribution is -0.133. The quantitative estimate of drug-likeness (QED) is 0.866. The smallest absolute Gasteiger partial charge is 0.250 e. The van der Waals surface area contributed by atoms with Crippen LogP contribution >= 0.6 is 0 Å². The van der Waals surface area contributed by atoms with E-state index in [1.807, 2.05) is 0 Å². The number of nitrogens with zero attached hydrogens (tertiary/aromatic N) is 2. The minimum absolute atomic E-state index is 0.0450. The van der Waals surface area contributed by atoms with E-state index in [0.717, 1.165) is 19.4 Å². The highest BCUT2D eigenvalue weighted by Gasteiger charge is 2.29. The van der Waals surface area contributed by atoms with Crippen molar-refractivity contribution in [1.82, 2.24) is 9.47 Å². The molecule has 2 unspecified atom stereocenters. The van der Waals surface area contributed by atoms with E-state index in [4.69, 9.17) is 0 Å². The summed E-state index contributed by atoms with van der Waals surface area (Å²) in [6.45, 7) is 2.54. The molecule has 1 N–H and O–H groups in total. The first kappa shape index (κ1) is 13.8. The summed E-state index contributed by atoms with van der Waals surface area (Å²) >= 11 is 0. The second kappa shape index (κ2) is 6.02. The van der Waals surface area contributed by atoms with Gasteiger partial charge < -0.3 is 14.6 Å². The van der Waals surface area contributed by atoms with Gasteiger partial charge in [0.05, 0.1) is 6.10 Å². The van der Waals surface area contributed by atoms with E-state index in [-0.39, 0.29) is 24.1 Å². The molecule has 1 aliphatic rings. The van der Waals surface area contributed by atoms with Crippen LogP contribution in [0.1, 0.15) is 26.2 Å². The van der Waals surface area contributed by atoms with Crippen molar-refractivity contribution in [3.8, 4) is 0 Å². The molecule has 2 heterocycles. The van der Waals surface area contributed by atoms with Crippen LogP contribution < -0.4 is 5.56 Å². The summed E-state index contributed by atoms with van der Waals surface area (Å²) < 4.78 is 1.42. The van der Waals surface area contributed by atoms with Crippen LogP contribution in [-0.4, -0.2) is 39.2 Å². The number of likely N-dealkylation sites (tertiary alicyclic amines) is 1. The van der Waals surface area contributed by atoms with Gasteiger partial charge in [-0.1, -0.05) is 6.07 Å². The Morgan fingerprint density at radius 1 is 1.53 bits per heavy atom. The van der Waals surface area contributed by atoms with Gasteiger partial charge in [0.2, 0.25) is 5.91 Å². The summed E-state index contributed by atoms with van der Waals surface area (Å²) in [5.74, 6) is -0.0450. The Morgan fingerprint density at radius 2 is 2.32 bits per heavy atom. The third-order valence-corrected chi connectivity index (χ3v) is 3.52. The van der Waals surface area contributed by atoms with Gasteiger partial charge in [0.1, 0.15) is 6.54 Å². The minimum Gasteiger partial charge on any atom is -0.393 e. The molecule has 0 aliphatic carbocycles. The van der Waals surface area contributed by atoms with Crippen molar-refractivity contribution in [2.75, 3.05) is 6.54 Å². The van der Waals surface area contributed by atoms with Crippen LogP contribution in [-0.2, 0) is 11.3 Å². The predicted octanol–water partition coefficient (Wildman–Crippen LogP) is 0.610. The summed E-state index contributed by atoms with van der Waals surface area (Å²) in [5, 5.41) is 9.45. The summed E-state index contributed by atoms with van der Waals surface area (Å²) in [4.78, 5) is 25.6. The highest BCUT2D eigenvalue weighted by Crippen LogP contribution is 2.21. The number of carbonyl (C=O) groups is 1. The van der Waals surface area contributed by atoms with E-state index >= 15 is 0 Å². The first-order valence-corrected chi connectivity index (χ1v) is 6.71. The number of aliphatic hydroxyl groups is 1. The molecule has 0 saturated carbocycles. The van der Waals surface area contributed by atoms with Crippen molar-refractivity contribution in [2.45, 2.75) is 44.9 Å². The van der Waals surface area contributed by atoms with Crippen LogP contribution in [0.25, 0.3) is 0 Å². The van der Waals surface area contributed by atoms with E-state index in [2.05, 4.69) is 0 Å². The Bertz CT molecular complexity index is 495. The lowest BCUT2D eigenvalue weighted by Crippen LogP contribution is -2.40. The second-order valence-corrected chi connectivity index (χ2v) is 5.13. The van der Waals surface area contributed by atoms with Crippen LogP contribution in [0.15, 0.2) is 29.2 Å². The molecule has 2 atom stereocenters. The maximum atomic E-state index is 12.2. The second-order valence-electron chi connectivity index (χ2n) is 5.13. The van der Waals surface area contributed by atoms with Gasteiger partial charge in [0.15, 0.2) is 0 Å². The van der Waals surface area contributed by atoms with E-state index in [1.54, 1.807) is 30.2 Å². The third-order valence-electron chi connectivity index (χ3n) is 3.52. The summed E-state index contributed by atoms with van der Waals surface area (Å²) in [6.07, 6.45) is 3.72. The molecule has 0 aromatic carbocycles. The number of aliphatic hydroxyl groups excluding tert-OH is 1. The van der Waals surface area contributed by atoms with Crippen molar-refractivity contribution in [3.63, 3.8) is 0 Å². The van der Waals surface area contributed by atoms with Crippen LogP contribution in [0.5, 0.6) is 0 Å². The lowest BCUT2D eigenvalue weighted by atomic mass is 10.1. The van der Waals surface area contributed by atoms with Gasteiger partial charge in [-0.25, -0.2) is 0 Å². The van der Waals surface area contributed by atoms with E-state index in [1.165, 1.54) is 10.6 Å². The summed E-state index contributed by atoms with van der Waals surface area (Å²) in [7, 11) is 0. The molecule has 19 heavy (non-hydrogen) atoms. The fourth-order valence-corrected chi connectivity index (χ4v) is 2.63. The molecule has 1 aliphatic heterocycles. The summed E-state index contributed by atoms with van der Waals surface area (Å²) in [5.41, 5.74) is -0.165. The number of carbonyl (C=O) groups excluding carboxylic acids is 1. The van der Waals surface area contributed by atoms with Gasteiger partial charge in [0.25, 0.3) is 5.56 Å². The van der Waals surface area contributed by atoms with Gasteiger partial charge in [-0.3, -0.25) is 9.59 Å². The van der Waals surface area contributed by atoms with Gasteiger partial charge in [0, 0.05) is 24.8 Å². The molecule has 2 rings (SSSR count). The molecule has 104 valence electrons. The average Bonchev–Trinajstić information content (AvgIpc) is 2.79. The Balaban J connectivity index is 2.03. The third kappa shape index (κ3) is 3.44. The van der Waals surface area contributed by atoms with E-state index < -0.39 is 6.10 Å². The van der Waals surface area contributed by atoms with Crippen molar-refractivity contribution < 1.29 is 9.90 Å². The molecular weight excluding hydrogens is 244 g/mol. The maximum absolute atomic E-state index is 12.2. The number of amides is 1. The van der Waals surface area contributed by atoms with Crippen LogP contribution in [0, 0.1) is 0 Å². The molecule has 1 aromatic heterocycles. The molecule has 1 aromatic rings. The van der Waals surface area contributed by atoms with Crippen LogP contribution in [0.3, 0.4) is 0 Å². The Hall–Kier alpha value is -1.62. The predicted molar refractivity (Wildman–Crippen MR) is 71.7 cm³/mol. The molecular formula is C14H20N2O3. The summed E-state index contributed by atoms with van der Waals surface area (Å²) in [6, 6.07) is 4.96. The largest absolute Gasteiger partial charge is 0.393 e. The van der Waals surface area contributed by atoms with Crippen molar-refractivity contribution in [1.29, 1.82) is 0 Å². The minimum atomic E-state index is -0.405. The van der Waals surface area contributed by atoms with Gasteiger partial charge in [-0.15, -0.1) is 0 Å². The SMILES string of the molecule is CC(O)CC1CCCN1C(=O)Cn1ccccc1=O. The Kier molecular flexibility index (Phi) is 4.37. The molecule has 1 fully saturated rings. The monoisotopic (exact) mass is 264 g/mol. The molecule has 0 spiro atoms. The molecule has 1 saturated heterocycles. The van der Waals surface area contributed by atoms with Crippen molar-refractivity contribution >= 4 is 5.91 Å². The van der Waals surface area contributed by atoms with Crippen LogP contribution in [0.2, 0.25) is 0 Å². The van der Waals surface area contributed by atoms with Gasteiger partial charge in [-0.05, 0) is 32.3 Å². The number of rotatable bonds is 4. The lowest BCUT2D eigenvalue weighted by Gasteiger charge is -2.26. The zero-order valence-corrected chi connectivity index (χ0v) is 11.2. The molecule has 1 amide bonds. The first-order valence-electron chi connectivity index (χ1n) is 6.71. The standard InChI is InChI=1S/C14H20N2O3/c1-11(17)9-12-5-4-8-16(12)14(19)10-15-7-3-2-6-13(15)18/h2-3,6-7,11-12,17H,4-5,8-10H2,1H3. The fourth-order valence-electron chi connectivity index (χ4n) is 2.63. The number of hydrogen-bond acceptors (Lipinski definition) is 3. The average molecular weight is 264 g/mol. The Labute approximate surface area is 112 Å². The first-order chi connectivity index (χ1) is 9.08. The number of aromatic nitrogens is 1. The molecule has 0 radical (unpaired) electrons. The molecule has 0 bridgehead atoms. The van der Waals surface area contributed by atoms with Crippen molar-refractivity contribution in [2.24, 2.45) is 0 Å². The van der Waals surface area contributed by atoms with Gasteiger partial charge in [-0.2, -0.15) is 0 Å². The number of hydrogen-bond donors (Lipinski definition) is 1. The van der Waals surface area contributed by atoms with E-state index in [9.17, 15) is 14.7 Å². The van der Waals surface area contributed by atoms with E-state index in [0.29, 0.717) is 6.42 Å². The highest BCUT2D eigenvalue weighted by atomic mass is 16.3. The highest BCUT2D eigenvalue weighted by molar-refractivity contribution is 5.76. The molecule has 5 nitrogen and oxygen atoms in total. The Morgan fingerprint density at radius 3 is 3.00 bits per heavy atom. The number of pyridine rings is 1. The molecule has 5 heteroatoms. The van der Waals surface area contributed by atoms with Gasteiger partial charge >= 0.3 is 0 Å².